The van der Waals surface area contributed by atoms with E-state index in [9.17, 15) is 9.59 Å². The van der Waals surface area contributed by atoms with Crippen LogP contribution in [0.5, 0.6) is 5.75 Å². The van der Waals surface area contributed by atoms with Crippen molar-refractivity contribution < 1.29 is 24.2 Å². The van der Waals surface area contributed by atoms with Crippen LogP contribution in [0.2, 0.25) is 0 Å². The average molecular weight is 402 g/mol. The molecule has 0 aliphatic carbocycles. The van der Waals surface area contributed by atoms with Crippen LogP contribution in [0.4, 0.5) is 0 Å². The van der Waals surface area contributed by atoms with Gasteiger partial charge < -0.3 is 19.5 Å². The van der Waals surface area contributed by atoms with E-state index in [1.165, 1.54) is 12.7 Å². The molecule has 29 heavy (non-hydrogen) atoms. The van der Waals surface area contributed by atoms with Gasteiger partial charge in [-0.25, -0.2) is 0 Å². The smallest absolute Gasteiger partial charge is 0.311 e. The van der Waals surface area contributed by atoms with E-state index in [1.54, 1.807) is 6.08 Å². The Hall–Kier alpha value is -2.38. The second-order valence-electron chi connectivity index (χ2n) is 7.67. The van der Waals surface area contributed by atoms with Gasteiger partial charge in [-0.15, -0.1) is 6.58 Å². The first-order valence-electron chi connectivity index (χ1n) is 10.1. The molecule has 0 radical (unpaired) electrons. The Morgan fingerprint density at radius 3 is 2.59 bits per heavy atom. The Morgan fingerprint density at radius 2 is 2.00 bits per heavy atom. The van der Waals surface area contributed by atoms with Crippen molar-refractivity contribution in [3.05, 3.63) is 42.5 Å². The van der Waals surface area contributed by atoms with Gasteiger partial charge in [0.05, 0.1) is 25.2 Å². The van der Waals surface area contributed by atoms with Crippen molar-refractivity contribution >= 4 is 11.9 Å². The maximum Gasteiger partial charge on any atom is 0.311 e. The van der Waals surface area contributed by atoms with E-state index in [-0.39, 0.29) is 31.5 Å². The SMILES string of the molecule is C=CCN1C(=O)CC(C(=O)OC)C12CCN(Cc1ccc(OCCO)cc1)CC2. The molecule has 0 bridgehead atoms. The molecule has 1 aromatic rings. The zero-order valence-corrected chi connectivity index (χ0v) is 17.0. The summed E-state index contributed by atoms with van der Waals surface area (Å²) >= 11 is 0. The summed E-state index contributed by atoms with van der Waals surface area (Å²) in [5.41, 5.74) is 0.698. The van der Waals surface area contributed by atoms with Crippen LogP contribution in [-0.4, -0.2) is 72.3 Å². The number of esters is 1. The average Bonchev–Trinajstić information content (AvgIpc) is 3.01. The highest BCUT2D eigenvalue weighted by atomic mass is 16.5. The molecule has 2 heterocycles. The van der Waals surface area contributed by atoms with Crippen molar-refractivity contribution in [3.8, 4) is 5.75 Å². The highest BCUT2D eigenvalue weighted by Gasteiger charge is 2.56. The summed E-state index contributed by atoms with van der Waals surface area (Å²) in [7, 11) is 1.39. The topological polar surface area (TPSA) is 79.3 Å². The normalized spacial score (nSPS) is 21.4. The minimum Gasteiger partial charge on any atom is -0.491 e. The third-order valence-electron chi connectivity index (χ3n) is 6.07. The lowest BCUT2D eigenvalue weighted by molar-refractivity contribution is -0.150. The fraction of sp³-hybridized carbons (Fsp3) is 0.545. The fourth-order valence-corrected chi connectivity index (χ4v) is 4.60. The number of amides is 1. The Bertz CT molecular complexity index is 725. The van der Waals surface area contributed by atoms with E-state index in [2.05, 4.69) is 11.5 Å². The predicted molar refractivity (Wildman–Crippen MR) is 108 cm³/mol. The number of aliphatic hydroxyl groups excluding tert-OH is 1. The molecule has 1 aromatic carbocycles. The summed E-state index contributed by atoms with van der Waals surface area (Å²) in [6.45, 7) is 6.93. The first-order valence-corrected chi connectivity index (χ1v) is 10.1. The molecule has 7 nitrogen and oxygen atoms in total. The van der Waals surface area contributed by atoms with E-state index < -0.39 is 11.5 Å². The molecule has 0 saturated carbocycles. The lowest BCUT2D eigenvalue weighted by atomic mass is 9.76. The number of piperidine rings is 1. The Labute approximate surface area is 171 Å². The summed E-state index contributed by atoms with van der Waals surface area (Å²) in [5.74, 6) is 0.0416. The zero-order valence-electron chi connectivity index (χ0n) is 17.0. The van der Waals surface area contributed by atoms with E-state index in [0.717, 1.165) is 38.2 Å². The van der Waals surface area contributed by atoms with Gasteiger partial charge >= 0.3 is 5.97 Å². The van der Waals surface area contributed by atoms with Crippen molar-refractivity contribution in [2.75, 3.05) is 40.0 Å². The van der Waals surface area contributed by atoms with Gasteiger partial charge in [-0.2, -0.15) is 0 Å². The molecule has 158 valence electrons. The monoisotopic (exact) mass is 402 g/mol. The molecular weight excluding hydrogens is 372 g/mol. The van der Waals surface area contributed by atoms with Gasteiger partial charge in [0.15, 0.2) is 0 Å². The first-order chi connectivity index (χ1) is 14.0. The molecule has 1 N–H and O–H groups in total. The van der Waals surface area contributed by atoms with Crippen LogP contribution in [0.25, 0.3) is 0 Å². The lowest BCUT2D eigenvalue weighted by Crippen LogP contribution is -2.57. The quantitative estimate of drug-likeness (QED) is 0.526. The Balaban J connectivity index is 1.66. The molecule has 7 heteroatoms. The zero-order chi connectivity index (χ0) is 20.9. The van der Waals surface area contributed by atoms with Gasteiger partial charge in [0.2, 0.25) is 5.91 Å². The summed E-state index contributed by atoms with van der Waals surface area (Å²) < 4.78 is 10.4. The minimum absolute atomic E-state index is 0.00474. The standard InChI is InChI=1S/C22H30N2O5/c1-3-10-24-20(26)15-19(21(27)28-2)22(24)8-11-23(12-9-22)16-17-4-6-18(7-5-17)29-14-13-25/h3-7,19,25H,1,8-16H2,2H3. The number of carbonyl (C=O) groups excluding carboxylic acids is 2. The van der Waals surface area contributed by atoms with E-state index in [1.807, 2.05) is 29.2 Å². The van der Waals surface area contributed by atoms with Gasteiger partial charge in [0.1, 0.15) is 12.4 Å². The van der Waals surface area contributed by atoms with Crippen molar-refractivity contribution in [1.29, 1.82) is 0 Å². The number of nitrogens with zero attached hydrogens (tertiary/aromatic N) is 2. The number of benzene rings is 1. The third-order valence-corrected chi connectivity index (χ3v) is 6.07. The lowest BCUT2D eigenvalue weighted by Gasteiger charge is -2.46. The second-order valence-corrected chi connectivity index (χ2v) is 7.67. The molecule has 1 spiro atoms. The number of ether oxygens (including phenoxy) is 2. The van der Waals surface area contributed by atoms with Crippen molar-refractivity contribution in [3.63, 3.8) is 0 Å². The van der Waals surface area contributed by atoms with E-state index in [0.29, 0.717) is 6.54 Å². The predicted octanol–water partition coefficient (Wildman–Crippen LogP) is 1.60. The number of methoxy groups -OCH3 is 1. The number of likely N-dealkylation sites (tertiary alicyclic amines) is 2. The van der Waals surface area contributed by atoms with Gasteiger partial charge in [0.25, 0.3) is 0 Å². The molecular formula is C22H30N2O5. The molecule has 2 aliphatic heterocycles. The van der Waals surface area contributed by atoms with Crippen LogP contribution in [-0.2, 0) is 20.9 Å². The molecule has 2 saturated heterocycles. The molecule has 1 atom stereocenters. The highest BCUT2D eigenvalue weighted by molar-refractivity contribution is 5.89. The molecule has 3 rings (SSSR count). The van der Waals surface area contributed by atoms with Gasteiger partial charge in [-0.3, -0.25) is 14.5 Å². The molecule has 1 amide bonds. The number of rotatable bonds is 8. The third kappa shape index (κ3) is 4.46. The van der Waals surface area contributed by atoms with Crippen molar-refractivity contribution in [2.24, 2.45) is 5.92 Å². The summed E-state index contributed by atoms with van der Waals surface area (Å²) in [6.07, 6.45) is 3.43. The van der Waals surface area contributed by atoms with Gasteiger partial charge in [-0.1, -0.05) is 18.2 Å². The van der Waals surface area contributed by atoms with Crippen LogP contribution in [0.1, 0.15) is 24.8 Å². The highest BCUT2D eigenvalue weighted by Crippen LogP contribution is 2.44. The molecule has 2 aliphatic rings. The van der Waals surface area contributed by atoms with E-state index in [4.69, 9.17) is 14.6 Å². The maximum atomic E-state index is 12.6. The van der Waals surface area contributed by atoms with Gasteiger partial charge in [0, 0.05) is 32.6 Å². The summed E-state index contributed by atoms with van der Waals surface area (Å²) in [6, 6.07) is 7.87. The number of aliphatic hydroxyl groups is 1. The Morgan fingerprint density at radius 1 is 1.31 bits per heavy atom. The number of carbonyl (C=O) groups is 2. The second kappa shape index (κ2) is 9.41. The summed E-state index contributed by atoms with van der Waals surface area (Å²) in [4.78, 5) is 29.2. The van der Waals surface area contributed by atoms with Crippen LogP contribution < -0.4 is 4.74 Å². The largest absolute Gasteiger partial charge is 0.491 e. The van der Waals surface area contributed by atoms with Crippen LogP contribution >= 0.6 is 0 Å². The fourth-order valence-electron chi connectivity index (χ4n) is 4.60. The van der Waals surface area contributed by atoms with Crippen LogP contribution in [0.3, 0.4) is 0 Å². The minimum atomic E-state index is -0.475. The summed E-state index contributed by atoms with van der Waals surface area (Å²) in [5, 5.41) is 8.83. The van der Waals surface area contributed by atoms with Crippen LogP contribution in [0.15, 0.2) is 36.9 Å². The Kier molecular flexibility index (Phi) is 6.92. The van der Waals surface area contributed by atoms with Gasteiger partial charge in [-0.05, 0) is 30.5 Å². The molecule has 2 fully saturated rings. The number of hydrogen-bond acceptors (Lipinski definition) is 6. The van der Waals surface area contributed by atoms with Crippen LogP contribution in [0, 0.1) is 5.92 Å². The van der Waals surface area contributed by atoms with E-state index >= 15 is 0 Å². The number of hydrogen-bond donors (Lipinski definition) is 1. The first kappa shape index (κ1) is 21.3. The maximum absolute atomic E-state index is 12.6. The van der Waals surface area contributed by atoms with Crippen molar-refractivity contribution in [1.82, 2.24) is 9.80 Å². The molecule has 0 aromatic heterocycles. The van der Waals surface area contributed by atoms with Crippen molar-refractivity contribution in [2.45, 2.75) is 31.3 Å². The molecule has 1 unspecified atom stereocenters.